The van der Waals surface area contributed by atoms with Crippen molar-refractivity contribution in [2.75, 3.05) is 0 Å². The molecule has 0 saturated carbocycles. The molecule has 0 aromatic carbocycles. The molecule has 0 saturated heterocycles. The highest BCUT2D eigenvalue weighted by molar-refractivity contribution is 4.94. The van der Waals surface area contributed by atoms with Gasteiger partial charge >= 0.3 is 0 Å². The quantitative estimate of drug-likeness (QED) is 0.528. The molecule has 1 N–H and O–H groups in total. The zero-order valence-electron chi connectivity index (χ0n) is 5.79. The largest absolute Gasteiger partial charge is 0.496 e. The van der Waals surface area contributed by atoms with Crippen LogP contribution in [0.25, 0.3) is 0 Å². The number of aliphatic hydroxyl groups is 1. The lowest BCUT2D eigenvalue weighted by atomic mass is 9.99. The number of ether oxygens (including phenoxy) is 1. The summed E-state index contributed by atoms with van der Waals surface area (Å²) in [5, 5.41) is 9.08. The first kappa shape index (κ1) is 6.62. The molecule has 0 amide bonds. The van der Waals surface area contributed by atoms with Crippen molar-refractivity contribution < 1.29 is 9.84 Å². The van der Waals surface area contributed by atoms with E-state index in [1.165, 1.54) is 0 Å². The highest BCUT2D eigenvalue weighted by Gasteiger charge is 2.24. The molecule has 1 aliphatic heterocycles. The van der Waals surface area contributed by atoms with Crippen LogP contribution < -0.4 is 0 Å². The Labute approximate surface area is 55.1 Å². The number of aliphatic hydroxyl groups excluding tert-OH is 1. The topological polar surface area (TPSA) is 29.5 Å². The number of rotatable bonds is 0. The minimum absolute atomic E-state index is 0.186. The SMILES string of the molecule is CC1(C)CC(O)C=CO1. The lowest BCUT2D eigenvalue weighted by molar-refractivity contribution is -0.00129. The molecule has 9 heavy (non-hydrogen) atoms. The normalized spacial score (nSPS) is 31.7. The average molecular weight is 128 g/mol. The van der Waals surface area contributed by atoms with Crippen LogP contribution in [0.2, 0.25) is 0 Å². The molecule has 0 bridgehead atoms. The highest BCUT2D eigenvalue weighted by atomic mass is 16.5. The summed E-state index contributed by atoms with van der Waals surface area (Å²) in [6, 6.07) is 0. The third-order valence-corrected chi connectivity index (χ3v) is 1.39. The van der Waals surface area contributed by atoms with Gasteiger partial charge in [-0.25, -0.2) is 0 Å². The smallest absolute Gasteiger partial charge is 0.105 e. The Morgan fingerprint density at radius 2 is 2.33 bits per heavy atom. The van der Waals surface area contributed by atoms with E-state index in [1.807, 2.05) is 13.8 Å². The first-order valence-electron chi connectivity index (χ1n) is 3.13. The summed E-state index contributed by atoms with van der Waals surface area (Å²) < 4.78 is 5.20. The van der Waals surface area contributed by atoms with Gasteiger partial charge in [-0.2, -0.15) is 0 Å². The second-order valence-corrected chi connectivity index (χ2v) is 2.98. The van der Waals surface area contributed by atoms with E-state index in [1.54, 1.807) is 12.3 Å². The maximum absolute atomic E-state index is 9.08. The summed E-state index contributed by atoms with van der Waals surface area (Å²) in [5.41, 5.74) is -0.186. The van der Waals surface area contributed by atoms with Crippen LogP contribution in [0, 0.1) is 0 Å². The van der Waals surface area contributed by atoms with Gasteiger partial charge in [0.25, 0.3) is 0 Å². The van der Waals surface area contributed by atoms with E-state index in [0.717, 1.165) is 0 Å². The maximum atomic E-state index is 9.08. The van der Waals surface area contributed by atoms with Crippen LogP contribution in [0.4, 0.5) is 0 Å². The third-order valence-electron chi connectivity index (χ3n) is 1.39. The maximum Gasteiger partial charge on any atom is 0.105 e. The predicted octanol–water partition coefficient (Wildman–Crippen LogP) is 1.06. The zero-order chi connectivity index (χ0) is 6.91. The lowest BCUT2D eigenvalue weighted by Crippen LogP contribution is -2.30. The minimum Gasteiger partial charge on any atom is -0.496 e. The fourth-order valence-corrected chi connectivity index (χ4v) is 0.934. The molecule has 0 spiro atoms. The van der Waals surface area contributed by atoms with Gasteiger partial charge < -0.3 is 9.84 Å². The zero-order valence-corrected chi connectivity index (χ0v) is 5.79. The third kappa shape index (κ3) is 1.72. The summed E-state index contributed by atoms with van der Waals surface area (Å²) in [6.07, 6.45) is 3.58. The van der Waals surface area contributed by atoms with Gasteiger partial charge in [0.2, 0.25) is 0 Å². The molecule has 2 heteroatoms. The van der Waals surface area contributed by atoms with E-state index in [0.29, 0.717) is 6.42 Å². The second-order valence-electron chi connectivity index (χ2n) is 2.98. The van der Waals surface area contributed by atoms with E-state index in [9.17, 15) is 0 Å². The Kier molecular flexibility index (Phi) is 1.49. The van der Waals surface area contributed by atoms with Gasteiger partial charge in [-0.15, -0.1) is 0 Å². The van der Waals surface area contributed by atoms with Gasteiger partial charge in [0, 0.05) is 6.42 Å². The van der Waals surface area contributed by atoms with Gasteiger partial charge in [-0.1, -0.05) is 0 Å². The summed E-state index contributed by atoms with van der Waals surface area (Å²) in [6.45, 7) is 3.92. The van der Waals surface area contributed by atoms with Gasteiger partial charge in [0.05, 0.1) is 12.4 Å². The predicted molar refractivity (Wildman–Crippen MR) is 34.9 cm³/mol. The van der Waals surface area contributed by atoms with Crippen molar-refractivity contribution in [2.45, 2.75) is 32.0 Å². The van der Waals surface area contributed by atoms with Gasteiger partial charge in [0.1, 0.15) is 5.60 Å². The van der Waals surface area contributed by atoms with Crippen LogP contribution in [-0.2, 0) is 4.74 Å². The molecule has 1 aliphatic rings. The molecule has 1 atom stereocenters. The number of hydrogen-bond acceptors (Lipinski definition) is 2. The van der Waals surface area contributed by atoms with Gasteiger partial charge in [0.15, 0.2) is 0 Å². The Morgan fingerprint density at radius 3 is 2.67 bits per heavy atom. The van der Waals surface area contributed by atoms with Crippen molar-refractivity contribution in [2.24, 2.45) is 0 Å². The Bertz CT molecular complexity index is 127. The molecular formula is C7H12O2. The molecule has 0 aromatic rings. The fourth-order valence-electron chi connectivity index (χ4n) is 0.934. The van der Waals surface area contributed by atoms with Crippen molar-refractivity contribution >= 4 is 0 Å². The monoisotopic (exact) mass is 128 g/mol. The lowest BCUT2D eigenvalue weighted by Gasteiger charge is -2.29. The fraction of sp³-hybridized carbons (Fsp3) is 0.714. The van der Waals surface area contributed by atoms with E-state index >= 15 is 0 Å². The van der Waals surface area contributed by atoms with Crippen LogP contribution >= 0.6 is 0 Å². The van der Waals surface area contributed by atoms with Crippen molar-refractivity contribution in [3.8, 4) is 0 Å². The minimum atomic E-state index is -0.325. The average Bonchev–Trinajstić information content (AvgIpc) is 1.60. The summed E-state index contributed by atoms with van der Waals surface area (Å²) in [4.78, 5) is 0. The molecule has 52 valence electrons. The molecule has 0 radical (unpaired) electrons. The van der Waals surface area contributed by atoms with Crippen molar-refractivity contribution in [3.05, 3.63) is 12.3 Å². The van der Waals surface area contributed by atoms with E-state index in [-0.39, 0.29) is 11.7 Å². The van der Waals surface area contributed by atoms with Crippen molar-refractivity contribution in [1.82, 2.24) is 0 Å². The molecule has 2 nitrogen and oxygen atoms in total. The summed E-state index contributed by atoms with van der Waals surface area (Å²) in [5.74, 6) is 0. The molecule has 0 aliphatic carbocycles. The second kappa shape index (κ2) is 2.03. The Morgan fingerprint density at radius 1 is 1.67 bits per heavy atom. The number of hydrogen-bond donors (Lipinski definition) is 1. The first-order valence-corrected chi connectivity index (χ1v) is 3.13. The standard InChI is InChI=1S/C7H12O2/c1-7(2)5-6(8)3-4-9-7/h3-4,6,8H,5H2,1-2H3. The van der Waals surface area contributed by atoms with E-state index in [2.05, 4.69) is 0 Å². The molecule has 1 heterocycles. The van der Waals surface area contributed by atoms with E-state index < -0.39 is 0 Å². The van der Waals surface area contributed by atoms with Crippen LogP contribution in [-0.4, -0.2) is 16.8 Å². The van der Waals surface area contributed by atoms with Gasteiger partial charge in [-0.3, -0.25) is 0 Å². The Balaban J connectivity index is 2.58. The van der Waals surface area contributed by atoms with Crippen molar-refractivity contribution in [1.29, 1.82) is 0 Å². The summed E-state index contributed by atoms with van der Waals surface area (Å²) in [7, 11) is 0. The highest BCUT2D eigenvalue weighted by Crippen LogP contribution is 2.21. The van der Waals surface area contributed by atoms with Crippen LogP contribution in [0.3, 0.4) is 0 Å². The summed E-state index contributed by atoms with van der Waals surface area (Å²) >= 11 is 0. The molecule has 1 rings (SSSR count). The molecular weight excluding hydrogens is 116 g/mol. The van der Waals surface area contributed by atoms with Crippen LogP contribution in [0.5, 0.6) is 0 Å². The Hall–Kier alpha value is -0.500. The molecule has 0 fully saturated rings. The van der Waals surface area contributed by atoms with E-state index in [4.69, 9.17) is 9.84 Å². The van der Waals surface area contributed by atoms with Crippen molar-refractivity contribution in [3.63, 3.8) is 0 Å². The van der Waals surface area contributed by atoms with Gasteiger partial charge in [-0.05, 0) is 19.9 Å². The molecule has 0 aromatic heterocycles. The molecule has 1 unspecified atom stereocenters. The van der Waals surface area contributed by atoms with Crippen LogP contribution in [0.1, 0.15) is 20.3 Å². The first-order chi connectivity index (χ1) is 4.10. The van der Waals surface area contributed by atoms with Crippen LogP contribution in [0.15, 0.2) is 12.3 Å².